The number of hydrogen-bond donors (Lipinski definition) is 1. The summed E-state index contributed by atoms with van der Waals surface area (Å²) in [6, 6.07) is 1.79. The summed E-state index contributed by atoms with van der Waals surface area (Å²) in [7, 11) is 0. The molecule has 0 unspecified atom stereocenters. The molecule has 6 heteroatoms. The molecule has 0 spiro atoms. The predicted octanol–water partition coefficient (Wildman–Crippen LogP) is 2.16. The first-order chi connectivity index (χ1) is 7.29. The Morgan fingerprint density at radius 2 is 2.47 bits per heavy atom. The molecule has 1 N–H and O–H groups in total. The molecule has 2 aromatic heterocycles. The minimum Gasteiger partial charge on any atom is -0.364 e. The molecule has 80 valence electrons. The van der Waals surface area contributed by atoms with Crippen LogP contribution in [-0.2, 0) is 13.1 Å². The Labute approximate surface area is 92.0 Å². The number of hydrogen-bond acceptors (Lipinski definition) is 4. The summed E-state index contributed by atoms with van der Waals surface area (Å²) >= 11 is 5.97. The third-order valence-corrected chi connectivity index (χ3v) is 2.25. The van der Waals surface area contributed by atoms with Gasteiger partial charge >= 0.3 is 0 Å². The molecule has 0 bridgehead atoms. The molecule has 0 atom stereocenters. The SMILES string of the molecule is CCn1cc(Cl)c(NCc2ccon2)n1. The van der Waals surface area contributed by atoms with Crippen LogP contribution in [0.1, 0.15) is 12.6 Å². The second kappa shape index (κ2) is 4.35. The quantitative estimate of drug-likeness (QED) is 0.868. The minimum absolute atomic E-state index is 0.553. The van der Waals surface area contributed by atoms with Crippen molar-refractivity contribution < 1.29 is 4.52 Å². The maximum Gasteiger partial charge on any atom is 0.167 e. The molecule has 0 saturated heterocycles. The smallest absolute Gasteiger partial charge is 0.167 e. The van der Waals surface area contributed by atoms with E-state index in [1.54, 1.807) is 16.9 Å². The highest BCUT2D eigenvalue weighted by Crippen LogP contribution is 2.19. The highest BCUT2D eigenvalue weighted by molar-refractivity contribution is 6.32. The molecule has 0 aliphatic heterocycles. The van der Waals surface area contributed by atoms with Crippen LogP contribution in [-0.4, -0.2) is 14.9 Å². The fourth-order valence-electron chi connectivity index (χ4n) is 1.18. The van der Waals surface area contributed by atoms with Crippen molar-refractivity contribution in [1.29, 1.82) is 0 Å². The monoisotopic (exact) mass is 226 g/mol. The maximum atomic E-state index is 5.97. The van der Waals surface area contributed by atoms with Gasteiger partial charge < -0.3 is 9.84 Å². The lowest BCUT2D eigenvalue weighted by Gasteiger charge is -1.99. The Hall–Kier alpha value is -1.49. The van der Waals surface area contributed by atoms with Gasteiger partial charge in [0.1, 0.15) is 17.0 Å². The van der Waals surface area contributed by atoms with Gasteiger partial charge in [0.25, 0.3) is 0 Å². The number of anilines is 1. The van der Waals surface area contributed by atoms with Gasteiger partial charge in [0.15, 0.2) is 5.82 Å². The molecular formula is C9H11ClN4O. The van der Waals surface area contributed by atoms with Crippen molar-refractivity contribution >= 4 is 17.4 Å². The van der Waals surface area contributed by atoms with E-state index in [0.717, 1.165) is 12.2 Å². The van der Waals surface area contributed by atoms with E-state index in [0.29, 0.717) is 17.4 Å². The van der Waals surface area contributed by atoms with E-state index in [1.165, 1.54) is 6.26 Å². The van der Waals surface area contributed by atoms with E-state index in [-0.39, 0.29) is 0 Å². The van der Waals surface area contributed by atoms with Crippen molar-refractivity contribution in [1.82, 2.24) is 14.9 Å². The molecule has 5 nitrogen and oxygen atoms in total. The zero-order valence-electron chi connectivity index (χ0n) is 8.27. The van der Waals surface area contributed by atoms with Crippen molar-refractivity contribution in [2.24, 2.45) is 0 Å². The summed E-state index contributed by atoms with van der Waals surface area (Å²) in [5.74, 6) is 0.668. The molecule has 0 saturated carbocycles. The van der Waals surface area contributed by atoms with Crippen LogP contribution in [0.4, 0.5) is 5.82 Å². The molecule has 0 radical (unpaired) electrons. The Morgan fingerprint density at radius 1 is 1.60 bits per heavy atom. The molecule has 2 heterocycles. The molecule has 2 aromatic rings. The van der Waals surface area contributed by atoms with Crippen molar-refractivity contribution in [3.05, 3.63) is 29.2 Å². The summed E-state index contributed by atoms with van der Waals surface area (Å²) in [6.45, 7) is 3.35. The summed E-state index contributed by atoms with van der Waals surface area (Å²) in [4.78, 5) is 0. The summed E-state index contributed by atoms with van der Waals surface area (Å²) < 4.78 is 6.48. The number of aryl methyl sites for hydroxylation is 1. The van der Waals surface area contributed by atoms with Crippen LogP contribution < -0.4 is 5.32 Å². The Balaban J connectivity index is 2.01. The van der Waals surface area contributed by atoms with Gasteiger partial charge in [-0.3, -0.25) is 4.68 Å². The van der Waals surface area contributed by atoms with Crippen LogP contribution in [0.5, 0.6) is 0 Å². The van der Waals surface area contributed by atoms with Crippen LogP contribution in [0.15, 0.2) is 23.0 Å². The normalized spacial score (nSPS) is 10.5. The Bertz CT molecular complexity index is 423. The number of nitrogens with zero attached hydrogens (tertiary/aromatic N) is 3. The summed E-state index contributed by atoms with van der Waals surface area (Å²) in [5.41, 5.74) is 0.817. The molecule has 0 aliphatic carbocycles. The molecule has 0 amide bonds. The van der Waals surface area contributed by atoms with Crippen molar-refractivity contribution in [3.63, 3.8) is 0 Å². The number of aromatic nitrogens is 3. The van der Waals surface area contributed by atoms with Crippen molar-refractivity contribution in [3.8, 4) is 0 Å². The first-order valence-electron chi connectivity index (χ1n) is 4.65. The van der Waals surface area contributed by atoms with Crippen LogP contribution >= 0.6 is 11.6 Å². The number of halogens is 1. The molecular weight excluding hydrogens is 216 g/mol. The fraction of sp³-hybridized carbons (Fsp3) is 0.333. The largest absolute Gasteiger partial charge is 0.364 e. The lowest BCUT2D eigenvalue weighted by Crippen LogP contribution is -2.02. The van der Waals surface area contributed by atoms with E-state index in [1.807, 2.05) is 6.92 Å². The van der Waals surface area contributed by atoms with Gasteiger partial charge in [-0.05, 0) is 6.92 Å². The molecule has 15 heavy (non-hydrogen) atoms. The highest BCUT2D eigenvalue weighted by Gasteiger charge is 2.06. The van der Waals surface area contributed by atoms with Gasteiger partial charge in [0.05, 0.1) is 6.54 Å². The molecule has 0 fully saturated rings. The van der Waals surface area contributed by atoms with E-state index in [4.69, 9.17) is 16.1 Å². The van der Waals surface area contributed by atoms with Crippen LogP contribution in [0.3, 0.4) is 0 Å². The fourth-order valence-corrected chi connectivity index (χ4v) is 1.40. The highest BCUT2D eigenvalue weighted by atomic mass is 35.5. The first kappa shape index (κ1) is 10.0. The zero-order chi connectivity index (χ0) is 10.7. The molecule has 0 aromatic carbocycles. The van der Waals surface area contributed by atoms with Gasteiger partial charge in [-0.2, -0.15) is 5.10 Å². The Kier molecular flexibility index (Phi) is 2.91. The van der Waals surface area contributed by atoms with E-state index in [9.17, 15) is 0 Å². The Morgan fingerprint density at radius 3 is 3.07 bits per heavy atom. The average molecular weight is 227 g/mol. The van der Waals surface area contributed by atoms with Gasteiger partial charge in [-0.1, -0.05) is 16.8 Å². The standard InChI is InChI=1S/C9H11ClN4O/c1-2-14-6-8(10)9(12-14)11-5-7-3-4-15-13-7/h3-4,6H,2,5H2,1H3,(H,11,12). The lowest BCUT2D eigenvalue weighted by molar-refractivity contribution is 0.412. The van der Waals surface area contributed by atoms with E-state index < -0.39 is 0 Å². The van der Waals surface area contributed by atoms with E-state index >= 15 is 0 Å². The second-order valence-electron chi connectivity index (χ2n) is 3.03. The van der Waals surface area contributed by atoms with Gasteiger partial charge in [-0.25, -0.2) is 0 Å². The third kappa shape index (κ3) is 2.30. The van der Waals surface area contributed by atoms with E-state index in [2.05, 4.69) is 15.6 Å². The average Bonchev–Trinajstić information content (AvgIpc) is 2.84. The van der Waals surface area contributed by atoms with Crippen molar-refractivity contribution in [2.45, 2.75) is 20.0 Å². The van der Waals surface area contributed by atoms with Gasteiger partial charge in [-0.15, -0.1) is 0 Å². The van der Waals surface area contributed by atoms with Gasteiger partial charge in [0, 0.05) is 18.8 Å². The van der Waals surface area contributed by atoms with Gasteiger partial charge in [0.2, 0.25) is 0 Å². The lowest BCUT2D eigenvalue weighted by atomic mass is 10.4. The zero-order valence-corrected chi connectivity index (χ0v) is 9.03. The molecule has 0 aliphatic rings. The second-order valence-corrected chi connectivity index (χ2v) is 3.43. The van der Waals surface area contributed by atoms with Crippen LogP contribution in [0, 0.1) is 0 Å². The number of nitrogens with one attached hydrogen (secondary N) is 1. The minimum atomic E-state index is 0.553. The van der Waals surface area contributed by atoms with Crippen LogP contribution in [0.2, 0.25) is 5.02 Å². The third-order valence-electron chi connectivity index (χ3n) is 1.97. The molecule has 2 rings (SSSR count). The van der Waals surface area contributed by atoms with Crippen LogP contribution in [0.25, 0.3) is 0 Å². The predicted molar refractivity (Wildman–Crippen MR) is 56.7 cm³/mol. The maximum absolute atomic E-state index is 5.97. The topological polar surface area (TPSA) is 55.9 Å². The first-order valence-corrected chi connectivity index (χ1v) is 5.03. The van der Waals surface area contributed by atoms with Crippen molar-refractivity contribution in [2.75, 3.05) is 5.32 Å². The summed E-state index contributed by atoms with van der Waals surface area (Å²) in [6.07, 6.45) is 3.32. The summed E-state index contributed by atoms with van der Waals surface area (Å²) in [5, 5.41) is 11.7. The number of rotatable bonds is 4.